The van der Waals surface area contributed by atoms with Gasteiger partial charge in [-0.25, -0.2) is 15.0 Å². The van der Waals surface area contributed by atoms with E-state index in [4.69, 9.17) is 19.4 Å². The van der Waals surface area contributed by atoms with Crippen molar-refractivity contribution in [1.29, 1.82) is 0 Å². The molecule has 12 rings (SSSR count). The van der Waals surface area contributed by atoms with Crippen molar-refractivity contribution < 1.29 is 4.42 Å². The number of benzene rings is 7. The number of furan rings is 1. The second-order valence-electron chi connectivity index (χ2n) is 14.4. The molecule has 7 aromatic carbocycles. The number of allylic oxidation sites excluding steroid dienone is 4. The predicted octanol–water partition coefficient (Wildman–Crippen LogP) is 12.6. The Morgan fingerprint density at radius 1 is 0.464 bits per heavy atom. The van der Waals surface area contributed by atoms with Crippen LogP contribution in [0.1, 0.15) is 12.2 Å². The van der Waals surface area contributed by atoms with Gasteiger partial charge >= 0.3 is 0 Å². The second-order valence-corrected chi connectivity index (χ2v) is 14.4. The van der Waals surface area contributed by atoms with Crippen LogP contribution in [0.4, 0.5) is 0 Å². The molecule has 0 saturated carbocycles. The number of para-hydroxylation sites is 3. The van der Waals surface area contributed by atoms with Gasteiger partial charge in [-0.05, 0) is 55.0 Å². The lowest BCUT2D eigenvalue weighted by atomic mass is 10.0. The fourth-order valence-electron chi connectivity index (χ4n) is 8.74. The maximum Gasteiger partial charge on any atom is 0.164 e. The average Bonchev–Trinajstić information content (AvgIpc) is 4.06. The van der Waals surface area contributed by atoms with Crippen molar-refractivity contribution in [1.82, 2.24) is 24.1 Å². The van der Waals surface area contributed by atoms with Crippen LogP contribution in [0.15, 0.2) is 180 Å². The third kappa shape index (κ3) is 4.53. The summed E-state index contributed by atoms with van der Waals surface area (Å²) in [6.45, 7) is 0. The topological polar surface area (TPSA) is 61.7 Å². The zero-order chi connectivity index (χ0) is 36.7. The van der Waals surface area contributed by atoms with Crippen LogP contribution in [-0.2, 0) is 0 Å². The second kappa shape index (κ2) is 12.0. The maximum absolute atomic E-state index is 6.70. The Morgan fingerprint density at radius 3 is 2.00 bits per heavy atom. The number of hydrogen-bond donors (Lipinski definition) is 0. The van der Waals surface area contributed by atoms with Crippen LogP contribution in [0.25, 0.3) is 105 Å². The summed E-state index contributed by atoms with van der Waals surface area (Å²) in [5.74, 6) is 1.97. The van der Waals surface area contributed by atoms with Gasteiger partial charge in [-0.2, -0.15) is 0 Å². The Labute approximate surface area is 320 Å². The summed E-state index contributed by atoms with van der Waals surface area (Å²) in [6.07, 6.45) is 7.07. The fourth-order valence-corrected chi connectivity index (χ4v) is 8.74. The molecule has 4 aromatic heterocycles. The van der Waals surface area contributed by atoms with E-state index in [1.165, 1.54) is 32.6 Å². The van der Waals surface area contributed by atoms with Crippen LogP contribution >= 0.6 is 0 Å². The quantitative estimate of drug-likeness (QED) is 0.178. The van der Waals surface area contributed by atoms with E-state index in [1.54, 1.807) is 0 Å². The van der Waals surface area contributed by atoms with Crippen LogP contribution in [0.3, 0.4) is 0 Å². The van der Waals surface area contributed by atoms with Gasteiger partial charge in [0.1, 0.15) is 11.2 Å². The minimum absolute atomic E-state index is 0.624. The zero-order valence-corrected chi connectivity index (χ0v) is 30.1. The van der Waals surface area contributed by atoms with Gasteiger partial charge < -0.3 is 13.6 Å². The minimum atomic E-state index is 0.624. The molecule has 0 saturated heterocycles. The Bertz CT molecular complexity index is 3440. The molecular weight excluding hydrogens is 687 g/mol. The molecule has 0 aliphatic heterocycles. The van der Waals surface area contributed by atoms with E-state index < -0.39 is 0 Å². The first-order valence-corrected chi connectivity index (χ1v) is 18.9. The summed E-state index contributed by atoms with van der Waals surface area (Å²) in [6, 6.07) is 55.5. The smallest absolute Gasteiger partial charge is 0.164 e. The van der Waals surface area contributed by atoms with Crippen LogP contribution in [0.2, 0.25) is 0 Å². The number of hydrogen-bond acceptors (Lipinski definition) is 4. The Balaban J connectivity index is 1.08. The van der Waals surface area contributed by atoms with Gasteiger partial charge in [-0.1, -0.05) is 121 Å². The molecule has 1 aliphatic rings. The largest absolute Gasteiger partial charge is 0.456 e. The van der Waals surface area contributed by atoms with Crippen LogP contribution in [-0.4, -0.2) is 24.1 Å². The molecule has 56 heavy (non-hydrogen) atoms. The van der Waals surface area contributed by atoms with E-state index in [-0.39, 0.29) is 0 Å². The highest BCUT2D eigenvalue weighted by atomic mass is 16.3. The first-order chi connectivity index (χ1) is 27.8. The lowest BCUT2D eigenvalue weighted by Gasteiger charge is -2.10. The summed E-state index contributed by atoms with van der Waals surface area (Å²) >= 11 is 0. The maximum atomic E-state index is 6.70. The molecule has 0 atom stereocenters. The molecule has 0 unspecified atom stereocenters. The molecule has 6 nitrogen and oxygen atoms in total. The first kappa shape index (κ1) is 30.8. The molecule has 262 valence electrons. The van der Waals surface area contributed by atoms with Gasteiger partial charge in [0, 0.05) is 66.5 Å². The summed E-state index contributed by atoms with van der Waals surface area (Å²) in [7, 11) is 0. The van der Waals surface area contributed by atoms with Crippen LogP contribution < -0.4 is 0 Å². The van der Waals surface area contributed by atoms with Crippen molar-refractivity contribution in [2.24, 2.45) is 0 Å². The molecule has 4 heterocycles. The molecule has 11 aromatic rings. The van der Waals surface area contributed by atoms with Gasteiger partial charge in [0.15, 0.2) is 17.5 Å². The van der Waals surface area contributed by atoms with Crippen LogP contribution in [0.5, 0.6) is 0 Å². The lowest BCUT2D eigenvalue weighted by molar-refractivity contribution is 0.668. The minimum Gasteiger partial charge on any atom is -0.456 e. The highest BCUT2D eigenvalue weighted by molar-refractivity contribution is 6.26. The van der Waals surface area contributed by atoms with E-state index in [9.17, 15) is 0 Å². The fraction of sp³-hybridized carbons (Fsp3) is 0.0200. The van der Waals surface area contributed by atoms with Gasteiger partial charge in [-0.3, -0.25) is 0 Å². The average molecular weight is 718 g/mol. The Hall–Kier alpha value is -7.57. The third-order valence-electron chi connectivity index (χ3n) is 11.2. The van der Waals surface area contributed by atoms with E-state index >= 15 is 0 Å². The molecular formula is C50H31N5O. The normalized spacial score (nSPS) is 13.0. The van der Waals surface area contributed by atoms with Gasteiger partial charge in [0.05, 0.1) is 22.1 Å². The lowest BCUT2D eigenvalue weighted by Crippen LogP contribution is -2.02. The molecule has 0 bridgehead atoms. The highest BCUT2D eigenvalue weighted by Gasteiger charge is 2.23. The number of aromatic nitrogens is 5. The van der Waals surface area contributed by atoms with Crippen LogP contribution in [0, 0.1) is 0 Å². The summed E-state index contributed by atoms with van der Waals surface area (Å²) < 4.78 is 11.5. The summed E-state index contributed by atoms with van der Waals surface area (Å²) in [5.41, 5.74) is 11.4. The zero-order valence-electron chi connectivity index (χ0n) is 30.1. The Kier molecular flexibility index (Phi) is 6.59. The van der Waals surface area contributed by atoms with Crippen molar-refractivity contribution in [2.75, 3.05) is 0 Å². The molecule has 0 fully saturated rings. The molecule has 0 N–H and O–H groups in total. The SMILES string of the molecule is C1=CCC(c2nc(-c3ccccc3)nc(-c3cccc4oc5cc(-n6c7ccccc7c7c6ccc6c8ccccc8n(-c8ccccc8)c67)ccc5c34)n2)=C1. The number of nitrogens with zero attached hydrogens (tertiary/aromatic N) is 5. The van der Waals surface area contributed by atoms with Crippen molar-refractivity contribution in [2.45, 2.75) is 6.42 Å². The van der Waals surface area contributed by atoms with Gasteiger partial charge in [0.25, 0.3) is 0 Å². The number of rotatable bonds is 5. The molecule has 1 aliphatic carbocycles. The van der Waals surface area contributed by atoms with Crippen molar-refractivity contribution in [3.8, 4) is 34.2 Å². The number of fused-ring (bicyclic) bond motifs is 10. The standard InChI is InChI=1S/C50H31N5O/c1-3-14-31(15-4-1)48-51-49(32-16-7-8-17-32)53-50(52-48)39-22-13-25-43-45(39)38-27-26-34(30-44(38)56-43)54-41-24-12-10-21-37(41)46-42(54)29-28-36-35-20-9-11-23-40(35)55(47(36)46)33-18-5-2-6-19-33/h1-16,18-30H,17H2. The van der Waals surface area contributed by atoms with E-state index in [0.29, 0.717) is 17.5 Å². The third-order valence-corrected chi connectivity index (χ3v) is 11.2. The summed E-state index contributed by atoms with van der Waals surface area (Å²) in [4.78, 5) is 15.1. The van der Waals surface area contributed by atoms with Gasteiger partial charge in [-0.15, -0.1) is 0 Å². The van der Waals surface area contributed by atoms with Crippen molar-refractivity contribution in [3.63, 3.8) is 0 Å². The molecule has 0 spiro atoms. The van der Waals surface area contributed by atoms with E-state index in [0.717, 1.165) is 67.5 Å². The van der Waals surface area contributed by atoms with E-state index in [2.05, 4.69) is 143 Å². The highest BCUT2D eigenvalue weighted by Crippen LogP contribution is 2.43. The monoisotopic (exact) mass is 717 g/mol. The van der Waals surface area contributed by atoms with Crippen molar-refractivity contribution >= 4 is 71.1 Å². The predicted molar refractivity (Wildman–Crippen MR) is 228 cm³/mol. The first-order valence-electron chi connectivity index (χ1n) is 18.9. The van der Waals surface area contributed by atoms with Crippen molar-refractivity contribution in [3.05, 3.63) is 182 Å². The van der Waals surface area contributed by atoms with E-state index in [1.807, 2.05) is 42.5 Å². The molecule has 0 amide bonds. The molecule has 6 heteroatoms. The summed E-state index contributed by atoms with van der Waals surface area (Å²) in [5, 5.41) is 6.89. The Morgan fingerprint density at radius 2 is 1.18 bits per heavy atom. The van der Waals surface area contributed by atoms with Gasteiger partial charge in [0.2, 0.25) is 0 Å². The molecule has 0 radical (unpaired) electrons.